The van der Waals surface area contributed by atoms with Crippen LogP contribution in [0.5, 0.6) is 0 Å². The highest BCUT2D eigenvalue weighted by molar-refractivity contribution is 6.31. The Morgan fingerprint density at radius 2 is 2.18 bits per heavy atom. The van der Waals surface area contributed by atoms with Crippen molar-refractivity contribution >= 4 is 11.6 Å². The molecule has 0 spiro atoms. The van der Waals surface area contributed by atoms with E-state index in [1.165, 1.54) is 0 Å². The topological polar surface area (TPSA) is 33.1 Å². The van der Waals surface area contributed by atoms with Crippen molar-refractivity contribution < 1.29 is 0 Å². The SMILES string of the molecule is CNCC(C)CN(C)Cc1c(Cl)c(C)nn1C. The zero-order valence-electron chi connectivity index (χ0n) is 11.4. The molecule has 0 bridgehead atoms. The zero-order valence-corrected chi connectivity index (χ0v) is 12.2. The molecule has 0 saturated carbocycles. The summed E-state index contributed by atoms with van der Waals surface area (Å²) in [7, 11) is 6.04. The first kappa shape index (κ1) is 14.5. The van der Waals surface area contributed by atoms with Gasteiger partial charge in [-0.15, -0.1) is 0 Å². The third kappa shape index (κ3) is 3.98. The van der Waals surface area contributed by atoms with Crippen molar-refractivity contribution in [3.63, 3.8) is 0 Å². The van der Waals surface area contributed by atoms with Gasteiger partial charge in [-0.1, -0.05) is 18.5 Å². The minimum absolute atomic E-state index is 0.623. The largest absolute Gasteiger partial charge is 0.319 e. The Hall–Kier alpha value is -0.580. The number of hydrogen-bond acceptors (Lipinski definition) is 3. The molecule has 1 N–H and O–H groups in total. The quantitative estimate of drug-likeness (QED) is 0.843. The molecule has 5 heteroatoms. The van der Waals surface area contributed by atoms with Crippen LogP contribution in [0.1, 0.15) is 18.3 Å². The standard InChI is InChI=1S/C12H23ClN4/c1-9(6-14-3)7-16(4)8-11-12(13)10(2)15-17(11)5/h9,14H,6-8H2,1-5H3. The van der Waals surface area contributed by atoms with E-state index in [-0.39, 0.29) is 0 Å². The van der Waals surface area contributed by atoms with Crippen molar-refractivity contribution in [2.45, 2.75) is 20.4 Å². The lowest BCUT2D eigenvalue weighted by atomic mass is 10.1. The maximum absolute atomic E-state index is 6.23. The zero-order chi connectivity index (χ0) is 13.0. The van der Waals surface area contributed by atoms with Crippen LogP contribution in [0.25, 0.3) is 0 Å². The van der Waals surface area contributed by atoms with Crippen molar-refractivity contribution in [2.24, 2.45) is 13.0 Å². The van der Waals surface area contributed by atoms with Crippen LogP contribution in [0.3, 0.4) is 0 Å². The number of nitrogens with one attached hydrogen (secondary N) is 1. The van der Waals surface area contributed by atoms with E-state index < -0.39 is 0 Å². The molecule has 1 rings (SSSR count). The van der Waals surface area contributed by atoms with Crippen LogP contribution in [0.2, 0.25) is 5.02 Å². The summed E-state index contributed by atoms with van der Waals surface area (Å²) in [5.41, 5.74) is 1.99. The molecule has 0 fully saturated rings. The van der Waals surface area contributed by atoms with Crippen molar-refractivity contribution in [1.29, 1.82) is 0 Å². The highest BCUT2D eigenvalue weighted by Crippen LogP contribution is 2.20. The minimum Gasteiger partial charge on any atom is -0.319 e. The average Bonchev–Trinajstić information content (AvgIpc) is 2.45. The van der Waals surface area contributed by atoms with E-state index >= 15 is 0 Å². The molecule has 0 saturated heterocycles. The molecule has 0 amide bonds. The number of aromatic nitrogens is 2. The second kappa shape index (κ2) is 6.38. The van der Waals surface area contributed by atoms with Crippen molar-refractivity contribution in [2.75, 3.05) is 27.2 Å². The predicted molar refractivity (Wildman–Crippen MR) is 72.4 cm³/mol. The molecule has 0 aromatic carbocycles. The molecule has 0 radical (unpaired) electrons. The van der Waals surface area contributed by atoms with Crippen LogP contribution < -0.4 is 5.32 Å². The summed E-state index contributed by atoms with van der Waals surface area (Å²) >= 11 is 6.23. The normalized spacial score (nSPS) is 13.4. The van der Waals surface area contributed by atoms with E-state index in [1.54, 1.807) is 0 Å². The first-order chi connectivity index (χ1) is 7.95. The minimum atomic E-state index is 0.623. The number of rotatable bonds is 6. The maximum Gasteiger partial charge on any atom is 0.0860 e. The molecule has 17 heavy (non-hydrogen) atoms. The summed E-state index contributed by atoms with van der Waals surface area (Å²) in [6.45, 7) is 7.09. The fourth-order valence-corrected chi connectivity index (χ4v) is 2.34. The van der Waals surface area contributed by atoms with Crippen LogP contribution in [0, 0.1) is 12.8 Å². The average molecular weight is 259 g/mol. The number of nitrogens with zero attached hydrogens (tertiary/aromatic N) is 3. The molecule has 1 unspecified atom stereocenters. The van der Waals surface area contributed by atoms with Gasteiger partial charge in [0.15, 0.2) is 0 Å². The second-order valence-corrected chi connectivity index (χ2v) is 5.21. The van der Waals surface area contributed by atoms with Crippen LogP contribution in [0.15, 0.2) is 0 Å². The summed E-state index contributed by atoms with van der Waals surface area (Å²) in [5.74, 6) is 0.623. The van der Waals surface area contributed by atoms with Crippen molar-refractivity contribution in [1.82, 2.24) is 20.0 Å². The Morgan fingerprint density at radius 1 is 1.53 bits per heavy atom. The van der Waals surface area contributed by atoms with Gasteiger partial charge in [-0.05, 0) is 33.5 Å². The third-order valence-corrected chi connectivity index (χ3v) is 3.35. The van der Waals surface area contributed by atoms with E-state index in [0.717, 1.165) is 36.0 Å². The van der Waals surface area contributed by atoms with Crippen LogP contribution in [0.4, 0.5) is 0 Å². The van der Waals surface area contributed by atoms with E-state index in [9.17, 15) is 0 Å². The second-order valence-electron chi connectivity index (χ2n) is 4.83. The fourth-order valence-electron chi connectivity index (χ4n) is 2.12. The summed E-state index contributed by atoms with van der Waals surface area (Å²) < 4.78 is 1.87. The molecule has 4 nitrogen and oxygen atoms in total. The van der Waals surface area contributed by atoms with Crippen LogP contribution in [-0.2, 0) is 13.6 Å². The first-order valence-corrected chi connectivity index (χ1v) is 6.34. The Kier molecular flexibility index (Phi) is 5.43. The van der Waals surface area contributed by atoms with E-state index in [1.807, 2.05) is 25.7 Å². The molecule has 1 atom stereocenters. The molecule has 1 aromatic rings. The highest BCUT2D eigenvalue weighted by atomic mass is 35.5. The van der Waals surface area contributed by atoms with Gasteiger partial charge in [0.1, 0.15) is 0 Å². The Morgan fingerprint density at radius 3 is 2.65 bits per heavy atom. The van der Waals surface area contributed by atoms with Crippen LogP contribution >= 0.6 is 11.6 Å². The van der Waals surface area contributed by atoms with Gasteiger partial charge in [0.2, 0.25) is 0 Å². The number of aryl methyl sites for hydroxylation is 2. The molecular formula is C12H23ClN4. The van der Waals surface area contributed by atoms with Gasteiger partial charge in [0.05, 0.1) is 16.4 Å². The molecule has 0 aliphatic carbocycles. The first-order valence-electron chi connectivity index (χ1n) is 5.96. The Balaban J connectivity index is 2.58. The molecular weight excluding hydrogens is 236 g/mol. The smallest absolute Gasteiger partial charge is 0.0860 e. The summed E-state index contributed by atoms with van der Waals surface area (Å²) in [6, 6.07) is 0. The van der Waals surface area contributed by atoms with Gasteiger partial charge < -0.3 is 10.2 Å². The predicted octanol–water partition coefficient (Wildman–Crippen LogP) is 1.67. The lowest BCUT2D eigenvalue weighted by molar-refractivity contribution is 0.270. The lowest BCUT2D eigenvalue weighted by Gasteiger charge is -2.21. The molecule has 1 aromatic heterocycles. The van der Waals surface area contributed by atoms with E-state index in [4.69, 9.17) is 11.6 Å². The lowest BCUT2D eigenvalue weighted by Crippen LogP contribution is -2.30. The molecule has 98 valence electrons. The van der Waals surface area contributed by atoms with Gasteiger partial charge >= 0.3 is 0 Å². The summed E-state index contributed by atoms with van der Waals surface area (Å²) in [6.07, 6.45) is 0. The molecule has 0 aliphatic heterocycles. The summed E-state index contributed by atoms with van der Waals surface area (Å²) in [5, 5.41) is 8.31. The van der Waals surface area contributed by atoms with Gasteiger partial charge in [-0.25, -0.2) is 0 Å². The maximum atomic E-state index is 6.23. The van der Waals surface area contributed by atoms with Gasteiger partial charge in [0, 0.05) is 20.1 Å². The van der Waals surface area contributed by atoms with Gasteiger partial charge in [-0.3, -0.25) is 4.68 Å². The van der Waals surface area contributed by atoms with Crippen molar-refractivity contribution in [3.8, 4) is 0 Å². The van der Waals surface area contributed by atoms with Crippen molar-refractivity contribution in [3.05, 3.63) is 16.4 Å². The highest BCUT2D eigenvalue weighted by Gasteiger charge is 2.14. The Bertz CT molecular complexity index is 362. The van der Waals surface area contributed by atoms with E-state index in [2.05, 4.69) is 29.3 Å². The third-order valence-electron chi connectivity index (χ3n) is 2.86. The molecule has 1 heterocycles. The summed E-state index contributed by atoms with van der Waals surface area (Å²) in [4.78, 5) is 2.28. The monoisotopic (exact) mass is 258 g/mol. The fraction of sp³-hybridized carbons (Fsp3) is 0.750. The van der Waals surface area contributed by atoms with E-state index in [0.29, 0.717) is 5.92 Å². The van der Waals surface area contributed by atoms with Crippen LogP contribution in [-0.4, -0.2) is 41.9 Å². The molecule has 0 aliphatic rings. The van der Waals surface area contributed by atoms with Gasteiger partial charge in [0.25, 0.3) is 0 Å². The Labute approximate surface area is 109 Å². The number of hydrogen-bond donors (Lipinski definition) is 1. The van der Waals surface area contributed by atoms with Gasteiger partial charge in [-0.2, -0.15) is 5.10 Å². The number of halogens is 1.